The molecule has 0 amide bonds. The Hall–Kier alpha value is -1.07. The first-order valence-corrected chi connectivity index (χ1v) is 6.52. The van der Waals surface area contributed by atoms with E-state index in [1.54, 1.807) is 12.1 Å². The van der Waals surface area contributed by atoms with E-state index in [2.05, 4.69) is 0 Å². The molecule has 0 fully saturated rings. The molecule has 0 aliphatic heterocycles. The summed E-state index contributed by atoms with van der Waals surface area (Å²) >= 11 is 0. The van der Waals surface area contributed by atoms with E-state index in [4.69, 9.17) is 10.8 Å². The number of aliphatic hydroxyl groups is 1. The molecule has 0 saturated carbocycles. The van der Waals surface area contributed by atoms with Crippen molar-refractivity contribution in [3.63, 3.8) is 0 Å². The molecule has 0 saturated heterocycles. The number of aliphatic hydroxyl groups excluding tert-OH is 1. The summed E-state index contributed by atoms with van der Waals surface area (Å²) in [6.07, 6.45) is 0.398. The number of aryl methyl sites for hydroxylation is 1. The summed E-state index contributed by atoms with van der Waals surface area (Å²) in [6, 6.07) is 7.18. The molecule has 1 aromatic carbocycles. The fourth-order valence-corrected chi connectivity index (χ4v) is 2.28. The van der Waals surface area contributed by atoms with Gasteiger partial charge in [-0.15, -0.1) is 0 Å². The van der Waals surface area contributed by atoms with Crippen molar-refractivity contribution in [1.29, 1.82) is 0 Å². The average molecular weight is 229 g/mol. The van der Waals surface area contributed by atoms with Crippen LogP contribution in [0.4, 0.5) is 5.69 Å². The van der Waals surface area contributed by atoms with Gasteiger partial charge in [0.05, 0.1) is 18.1 Å². The molecule has 15 heavy (non-hydrogen) atoms. The maximum absolute atomic E-state index is 11.3. The summed E-state index contributed by atoms with van der Waals surface area (Å²) in [4.78, 5) is 0. The Morgan fingerprint density at radius 2 is 1.87 bits per heavy atom. The lowest BCUT2D eigenvalue weighted by molar-refractivity contribution is 0.319. The first kappa shape index (κ1) is 12.0. The lowest BCUT2D eigenvalue weighted by Gasteiger charge is -2.05. The fourth-order valence-electron chi connectivity index (χ4n) is 1.27. The Balaban J connectivity index is 2.62. The van der Waals surface area contributed by atoms with Gasteiger partial charge < -0.3 is 10.8 Å². The highest BCUT2D eigenvalue weighted by Gasteiger charge is 2.10. The van der Waals surface area contributed by atoms with Crippen LogP contribution in [0.1, 0.15) is 5.56 Å². The molecule has 0 spiro atoms. The number of para-hydroxylation sites is 1. The topological polar surface area (TPSA) is 80.4 Å². The van der Waals surface area contributed by atoms with E-state index < -0.39 is 9.84 Å². The molecule has 1 rings (SSSR count). The predicted octanol–water partition coefficient (Wildman–Crippen LogP) is 0.218. The lowest BCUT2D eigenvalue weighted by Crippen LogP contribution is -2.15. The van der Waals surface area contributed by atoms with Crippen LogP contribution >= 0.6 is 0 Å². The third-order valence-corrected chi connectivity index (χ3v) is 3.77. The smallest absolute Gasteiger partial charge is 0.152 e. The number of nitrogens with two attached hydrogens (primary N) is 1. The number of benzene rings is 1. The normalized spacial score (nSPS) is 11.5. The summed E-state index contributed by atoms with van der Waals surface area (Å²) in [7, 11) is -3.15. The Morgan fingerprint density at radius 1 is 1.20 bits per heavy atom. The van der Waals surface area contributed by atoms with Crippen molar-refractivity contribution in [2.75, 3.05) is 23.8 Å². The number of hydrogen-bond acceptors (Lipinski definition) is 4. The lowest BCUT2D eigenvalue weighted by atomic mass is 10.1. The molecule has 1 aromatic rings. The van der Waals surface area contributed by atoms with E-state index in [1.165, 1.54) is 0 Å². The largest absolute Gasteiger partial charge is 0.399 e. The SMILES string of the molecule is Nc1ccccc1CCS(=O)(=O)CCO. The first-order chi connectivity index (χ1) is 7.05. The zero-order valence-electron chi connectivity index (χ0n) is 8.39. The molecule has 0 aromatic heterocycles. The van der Waals surface area contributed by atoms with Gasteiger partial charge in [0.2, 0.25) is 0 Å². The summed E-state index contributed by atoms with van der Waals surface area (Å²) in [5, 5.41) is 8.55. The monoisotopic (exact) mass is 229 g/mol. The number of hydrogen-bond donors (Lipinski definition) is 2. The number of anilines is 1. The van der Waals surface area contributed by atoms with Gasteiger partial charge in [0.15, 0.2) is 9.84 Å². The van der Waals surface area contributed by atoms with Gasteiger partial charge in [0.25, 0.3) is 0 Å². The van der Waals surface area contributed by atoms with Crippen molar-refractivity contribution in [3.05, 3.63) is 29.8 Å². The van der Waals surface area contributed by atoms with Gasteiger partial charge in [-0.05, 0) is 18.1 Å². The van der Waals surface area contributed by atoms with Crippen LogP contribution in [0.2, 0.25) is 0 Å². The Labute approximate surface area is 89.7 Å². The van der Waals surface area contributed by atoms with E-state index in [9.17, 15) is 8.42 Å². The molecule has 0 heterocycles. The molecular formula is C10H15NO3S. The van der Waals surface area contributed by atoms with E-state index in [1.807, 2.05) is 12.1 Å². The van der Waals surface area contributed by atoms with Crippen LogP contribution in [0.25, 0.3) is 0 Å². The fraction of sp³-hybridized carbons (Fsp3) is 0.400. The van der Waals surface area contributed by atoms with Crippen molar-refractivity contribution in [2.24, 2.45) is 0 Å². The molecule has 0 atom stereocenters. The van der Waals surface area contributed by atoms with Crippen LogP contribution in [-0.2, 0) is 16.3 Å². The third-order valence-electron chi connectivity index (χ3n) is 2.14. The minimum Gasteiger partial charge on any atom is -0.399 e. The van der Waals surface area contributed by atoms with E-state index >= 15 is 0 Å². The molecule has 84 valence electrons. The van der Waals surface area contributed by atoms with Gasteiger partial charge in [-0.3, -0.25) is 0 Å². The van der Waals surface area contributed by atoms with Gasteiger partial charge in [0, 0.05) is 5.69 Å². The predicted molar refractivity (Wildman–Crippen MR) is 60.3 cm³/mol. The molecular weight excluding hydrogens is 214 g/mol. The highest BCUT2D eigenvalue weighted by molar-refractivity contribution is 7.91. The minimum atomic E-state index is -3.15. The van der Waals surface area contributed by atoms with Crippen molar-refractivity contribution < 1.29 is 13.5 Å². The zero-order chi connectivity index (χ0) is 11.3. The van der Waals surface area contributed by atoms with Crippen LogP contribution in [-0.4, -0.2) is 31.6 Å². The van der Waals surface area contributed by atoms with Gasteiger partial charge in [-0.25, -0.2) is 8.42 Å². The second-order valence-corrected chi connectivity index (χ2v) is 5.63. The quantitative estimate of drug-likeness (QED) is 0.708. The van der Waals surface area contributed by atoms with E-state index in [-0.39, 0.29) is 18.1 Å². The molecule has 0 aliphatic carbocycles. The molecule has 3 N–H and O–H groups in total. The van der Waals surface area contributed by atoms with Crippen LogP contribution in [0.15, 0.2) is 24.3 Å². The second kappa shape index (κ2) is 5.14. The Morgan fingerprint density at radius 3 is 2.47 bits per heavy atom. The van der Waals surface area contributed by atoms with Crippen molar-refractivity contribution >= 4 is 15.5 Å². The third kappa shape index (κ3) is 3.89. The number of sulfone groups is 1. The standard InChI is InChI=1S/C10H15NO3S/c11-10-4-2-1-3-9(10)5-7-15(13,14)8-6-12/h1-4,12H,5-8,11H2. The number of nitrogen functional groups attached to an aromatic ring is 1. The van der Waals surface area contributed by atoms with Crippen molar-refractivity contribution in [2.45, 2.75) is 6.42 Å². The summed E-state index contributed by atoms with van der Waals surface area (Å²) in [5.41, 5.74) is 7.12. The zero-order valence-corrected chi connectivity index (χ0v) is 9.20. The van der Waals surface area contributed by atoms with Crippen LogP contribution < -0.4 is 5.73 Å². The summed E-state index contributed by atoms with van der Waals surface area (Å²) in [5.74, 6) is -0.151. The Bertz CT molecular complexity index is 414. The van der Waals surface area contributed by atoms with E-state index in [0.717, 1.165) is 5.56 Å². The second-order valence-electron chi connectivity index (χ2n) is 3.32. The number of rotatable bonds is 5. The van der Waals surface area contributed by atoms with Crippen LogP contribution in [0.5, 0.6) is 0 Å². The van der Waals surface area contributed by atoms with Gasteiger partial charge in [-0.2, -0.15) is 0 Å². The molecule has 0 radical (unpaired) electrons. The van der Waals surface area contributed by atoms with Crippen molar-refractivity contribution in [3.8, 4) is 0 Å². The van der Waals surface area contributed by atoms with Gasteiger partial charge in [0.1, 0.15) is 0 Å². The van der Waals surface area contributed by atoms with Gasteiger partial charge in [-0.1, -0.05) is 18.2 Å². The van der Waals surface area contributed by atoms with E-state index in [0.29, 0.717) is 12.1 Å². The van der Waals surface area contributed by atoms with Gasteiger partial charge >= 0.3 is 0 Å². The summed E-state index contributed by atoms with van der Waals surface area (Å²) < 4.78 is 22.6. The maximum atomic E-state index is 11.3. The molecule has 0 bridgehead atoms. The highest BCUT2D eigenvalue weighted by atomic mass is 32.2. The van der Waals surface area contributed by atoms with Crippen LogP contribution in [0, 0.1) is 0 Å². The Kier molecular flexibility index (Phi) is 4.11. The molecule has 4 nitrogen and oxygen atoms in total. The van der Waals surface area contributed by atoms with Crippen molar-refractivity contribution in [1.82, 2.24) is 0 Å². The minimum absolute atomic E-state index is 0.0295. The summed E-state index contributed by atoms with van der Waals surface area (Å²) in [6.45, 7) is -0.327. The first-order valence-electron chi connectivity index (χ1n) is 4.70. The highest BCUT2D eigenvalue weighted by Crippen LogP contribution is 2.11. The molecule has 0 unspecified atom stereocenters. The van der Waals surface area contributed by atoms with Crippen LogP contribution in [0.3, 0.4) is 0 Å². The molecule has 0 aliphatic rings. The average Bonchev–Trinajstić information content (AvgIpc) is 2.16. The maximum Gasteiger partial charge on any atom is 0.152 e. The molecule has 5 heteroatoms.